The molecule has 2 aliphatic heterocycles. The third-order valence-electron chi connectivity index (χ3n) is 6.46. The molecule has 1 fully saturated rings. The Morgan fingerprint density at radius 1 is 0.862 bits per heavy atom. The fourth-order valence-corrected chi connectivity index (χ4v) is 5.04. The number of rotatable bonds is 5. The number of benzene rings is 2. The molecule has 3 heterocycles. The predicted molar refractivity (Wildman–Crippen MR) is 122 cm³/mol. The summed E-state index contributed by atoms with van der Waals surface area (Å²) in [6.07, 6.45) is 2.41. The molecule has 1 saturated heterocycles. The molecule has 0 spiro atoms. The summed E-state index contributed by atoms with van der Waals surface area (Å²) < 4.78 is 0. The summed E-state index contributed by atoms with van der Waals surface area (Å²) in [4.78, 5) is 11.3. The summed E-state index contributed by atoms with van der Waals surface area (Å²) in [7, 11) is 0. The number of nitrogens with zero attached hydrogens (tertiary/aromatic N) is 3. The van der Waals surface area contributed by atoms with Crippen molar-refractivity contribution in [1.29, 1.82) is 0 Å². The van der Waals surface area contributed by atoms with E-state index in [1.165, 1.54) is 53.9 Å². The average molecular weight is 409 g/mol. The zero-order chi connectivity index (χ0) is 19.6. The molecule has 0 bridgehead atoms. The molecule has 1 N–H and O–H groups in total. The van der Waals surface area contributed by atoms with Crippen LogP contribution in [-0.4, -0.2) is 60.6 Å². The van der Waals surface area contributed by atoms with Gasteiger partial charge in [-0.3, -0.25) is 9.80 Å². The SMILES string of the molecule is Clc1cccc(N2CCN(CCCN3CCc4c([nH]c5ccccc45)C3)CC2)c1. The zero-order valence-corrected chi connectivity index (χ0v) is 17.7. The van der Waals surface area contributed by atoms with E-state index in [4.69, 9.17) is 11.6 Å². The van der Waals surface area contributed by atoms with Crippen LogP contribution in [0.3, 0.4) is 0 Å². The van der Waals surface area contributed by atoms with E-state index in [0.29, 0.717) is 0 Å². The van der Waals surface area contributed by atoms with Crippen molar-refractivity contribution in [3.63, 3.8) is 0 Å². The van der Waals surface area contributed by atoms with Crippen molar-refractivity contribution in [3.8, 4) is 0 Å². The summed E-state index contributed by atoms with van der Waals surface area (Å²) in [5, 5.41) is 2.24. The Labute approximate surface area is 178 Å². The number of hydrogen-bond donors (Lipinski definition) is 1. The van der Waals surface area contributed by atoms with E-state index in [2.05, 4.69) is 56.1 Å². The van der Waals surface area contributed by atoms with Crippen LogP contribution in [0.2, 0.25) is 5.02 Å². The van der Waals surface area contributed by atoms with E-state index in [-0.39, 0.29) is 0 Å². The van der Waals surface area contributed by atoms with Crippen molar-refractivity contribution in [2.24, 2.45) is 0 Å². The number of nitrogens with one attached hydrogen (secondary N) is 1. The van der Waals surface area contributed by atoms with E-state index in [9.17, 15) is 0 Å². The standard InChI is InChI=1S/C24H29ClN4/c25-19-5-3-6-20(17-19)29-15-13-27(14-16-29)10-4-11-28-12-9-22-21-7-1-2-8-23(21)26-24(22)18-28/h1-3,5-8,17,26H,4,9-16,18H2. The third kappa shape index (κ3) is 4.16. The minimum absolute atomic E-state index is 0.824. The number of anilines is 1. The Morgan fingerprint density at radius 2 is 1.69 bits per heavy atom. The van der Waals surface area contributed by atoms with Crippen LogP contribution in [0.25, 0.3) is 10.9 Å². The minimum atomic E-state index is 0.824. The Morgan fingerprint density at radius 3 is 2.55 bits per heavy atom. The largest absolute Gasteiger partial charge is 0.369 e. The second-order valence-electron chi connectivity index (χ2n) is 8.32. The highest BCUT2D eigenvalue weighted by Crippen LogP contribution is 2.27. The Hall–Kier alpha value is -2.01. The van der Waals surface area contributed by atoms with Gasteiger partial charge in [-0.2, -0.15) is 0 Å². The van der Waals surface area contributed by atoms with Crippen LogP contribution in [0.4, 0.5) is 5.69 Å². The molecule has 0 saturated carbocycles. The molecule has 0 unspecified atom stereocenters. The van der Waals surface area contributed by atoms with E-state index >= 15 is 0 Å². The van der Waals surface area contributed by atoms with Gasteiger partial charge in [-0.15, -0.1) is 0 Å². The Balaban J connectivity index is 1.09. The second-order valence-corrected chi connectivity index (χ2v) is 8.75. The van der Waals surface area contributed by atoms with E-state index < -0.39 is 0 Å². The lowest BCUT2D eigenvalue weighted by atomic mass is 10.0. The van der Waals surface area contributed by atoms with Crippen molar-refractivity contribution >= 4 is 28.2 Å². The van der Waals surface area contributed by atoms with Crippen LogP contribution in [0.15, 0.2) is 48.5 Å². The molecular weight excluding hydrogens is 380 g/mol. The number of fused-ring (bicyclic) bond motifs is 3. The molecule has 3 aromatic rings. The molecular formula is C24H29ClN4. The van der Waals surface area contributed by atoms with Crippen LogP contribution < -0.4 is 4.90 Å². The van der Waals surface area contributed by atoms with Gasteiger partial charge in [0, 0.05) is 66.6 Å². The Bertz CT molecular complexity index is 974. The predicted octanol–water partition coefficient (Wildman–Crippen LogP) is 4.39. The van der Waals surface area contributed by atoms with Crippen LogP contribution in [-0.2, 0) is 13.0 Å². The van der Waals surface area contributed by atoms with Crippen LogP contribution in [0.1, 0.15) is 17.7 Å². The van der Waals surface area contributed by atoms with Gasteiger partial charge in [-0.1, -0.05) is 35.9 Å². The lowest BCUT2D eigenvalue weighted by Gasteiger charge is -2.36. The topological polar surface area (TPSA) is 25.5 Å². The molecule has 5 rings (SSSR count). The molecule has 0 atom stereocenters. The molecule has 5 heteroatoms. The fourth-order valence-electron chi connectivity index (χ4n) is 4.86. The number of aromatic nitrogens is 1. The Kier molecular flexibility index (Phi) is 5.49. The number of aromatic amines is 1. The van der Waals surface area contributed by atoms with Gasteiger partial charge in [0.2, 0.25) is 0 Å². The van der Waals surface area contributed by atoms with E-state index in [1.807, 2.05) is 12.1 Å². The molecule has 0 amide bonds. The molecule has 2 aliphatic rings. The van der Waals surface area contributed by atoms with Crippen molar-refractivity contribution < 1.29 is 0 Å². The highest BCUT2D eigenvalue weighted by atomic mass is 35.5. The first kappa shape index (κ1) is 19.0. The van der Waals surface area contributed by atoms with Crippen molar-refractivity contribution in [3.05, 3.63) is 64.8 Å². The lowest BCUT2D eigenvalue weighted by Crippen LogP contribution is -2.47. The molecule has 152 valence electrons. The monoisotopic (exact) mass is 408 g/mol. The quantitative estimate of drug-likeness (QED) is 0.677. The molecule has 1 aromatic heterocycles. The van der Waals surface area contributed by atoms with Crippen molar-refractivity contribution in [1.82, 2.24) is 14.8 Å². The third-order valence-corrected chi connectivity index (χ3v) is 6.69. The minimum Gasteiger partial charge on any atom is -0.369 e. The first-order valence-electron chi connectivity index (χ1n) is 10.8. The maximum atomic E-state index is 6.15. The fraction of sp³-hybridized carbons (Fsp3) is 0.417. The maximum absolute atomic E-state index is 6.15. The van der Waals surface area contributed by atoms with Gasteiger partial charge in [-0.25, -0.2) is 0 Å². The molecule has 2 aromatic carbocycles. The lowest BCUT2D eigenvalue weighted by molar-refractivity contribution is 0.209. The number of H-pyrrole nitrogens is 1. The van der Waals surface area contributed by atoms with Crippen molar-refractivity contribution in [2.45, 2.75) is 19.4 Å². The number of hydrogen-bond acceptors (Lipinski definition) is 3. The summed E-state index contributed by atoms with van der Waals surface area (Å²) in [5.41, 5.74) is 5.50. The van der Waals surface area contributed by atoms with Gasteiger partial charge in [0.25, 0.3) is 0 Å². The first-order chi connectivity index (χ1) is 14.3. The van der Waals surface area contributed by atoms with E-state index in [0.717, 1.165) is 44.2 Å². The van der Waals surface area contributed by atoms with Gasteiger partial charge in [-0.05, 0) is 55.8 Å². The molecule has 0 aliphatic carbocycles. The number of para-hydroxylation sites is 1. The summed E-state index contributed by atoms with van der Waals surface area (Å²) in [6.45, 7) is 9.06. The summed E-state index contributed by atoms with van der Waals surface area (Å²) in [6, 6.07) is 16.9. The second kappa shape index (κ2) is 8.39. The smallest absolute Gasteiger partial charge is 0.0459 e. The van der Waals surface area contributed by atoms with Gasteiger partial charge < -0.3 is 9.88 Å². The van der Waals surface area contributed by atoms with Crippen molar-refractivity contribution in [2.75, 3.05) is 50.7 Å². The number of piperazine rings is 1. The van der Waals surface area contributed by atoms with Gasteiger partial charge in [0.05, 0.1) is 0 Å². The maximum Gasteiger partial charge on any atom is 0.0459 e. The zero-order valence-electron chi connectivity index (χ0n) is 16.9. The van der Waals surface area contributed by atoms with Gasteiger partial charge in [0.1, 0.15) is 0 Å². The molecule has 0 radical (unpaired) electrons. The van der Waals surface area contributed by atoms with Crippen LogP contribution in [0.5, 0.6) is 0 Å². The average Bonchev–Trinajstić information content (AvgIpc) is 3.12. The van der Waals surface area contributed by atoms with Crippen LogP contribution >= 0.6 is 11.6 Å². The van der Waals surface area contributed by atoms with Gasteiger partial charge in [0.15, 0.2) is 0 Å². The van der Waals surface area contributed by atoms with Gasteiger partial charge >= 0.3 is 0 Å². The summed E-state index contributed by atoms with van der Waals surface area (Å²) >= 11 is 6.15. The number of halogens is 1. The normalized spacial score (nSPS) is 18.3. The van der Waals surface area contributed by atoms with Crippen LogP contribution in [0, 0.1) is 0 Å². The highest BCUT2D eigenvalue weighted by molar-refractivity contribution is 6.30. The molecule has 4 nitrogen and oxygen atoms in total. The first-order valence-corrected chi connectivity index (χ1v) is 11.2. The molecule has 29 heavy (non-hydrogen) atoms. The summed E-state index contributed by atoms with van der Waals surface area (Å²) in [5.74, 6) is 0. The van der Waals surface area contributed by atoms with E-state index in [1.54, 1.807) is 0 Å². The highest BCUT2D eigenvalue weighted by Gasteiger charge is 2.21.